The van der Waals surface area contributed by atoms with Gasteiger partial charge in [0.05, 0.1) is 5.69 Å². The molecule has 146 valence electrons. The molecule has 0 aliphatic carbocycles. The molecule has 1 aliphatic rings. The molecule has 0 bridgehead atoms. The van der Waals surface area contributed by atoms with E-state index in [4.69, 9.17) is 9.72 Å². The van der Waals surface area contributed by atoms with Crippen molar-refractivity contribution in [2.45, 2.75) is 26.7 Å². The first-order valence-corrected chi connectivity index (χ1v) is 10.5. The zero-order chi connectivity index (χ0) is 19.5. The molecule has 0 unspecified atom stereocenters. The lowest BCUT2D eigenvalue weighted by Gasteiger charge is -2.31. The number of benzene rings is 1. The van der Waals surface area contributed by atoms with Gasteiger partial charge < -0.3 is 9.64 Å². The van der Waals surface area contributed by atoms with Crippen molar-refractivity contribution in [3.63, 3.8) is 0 Å². The third-order valence-corrected chi connectivity index (χ3v) is 5.88. The molecule has 0 saturated carbocycles. The number of carbonyl (C=O) groups excluding carboxylic acids is 1. The maximum atomic E-state index is 12.2. The summed E-state index contributed by atoms with van der Waals surface area (Å²) >= 11 is 1.40. The third-order valence-electron chi connectivity index (χ3n) is 5.00. The van der Waals surface area contributed by atoms with E-state index < -0.39 is 0 Å². The fourth-order valence-corrected chi connectivity index (χ4v) is 4.05. The topological polar surface area (TPSA) is 67.3 Å². The fraction of sp³-hybridized carbons (Fsp3) is 0.381. The van der Waals surface area contributed by atoms with Crippen molar-refractivity contribution in [3.05, 3.63) is 41.4 Å². The molecule has 3 heterocycles. The van der Waals surface area contributed by atoms with Crippen LogP contribution in [0.25, 0.3) is 10.9 Å². The summed E-state index contributed by atoms with van der Waals surface area (Å²) in [5.41, 5.74) is 1.68. The second-order valence-corrected chi connectivity index (χ2v) is 8.16. The second kappa shape index (κ2) is 8.14. The summed E-state index contributed by atoms with van der Waals surface area (Å²) in [7, 11) is 0. The number of carbonyl (C=O) groups is 1. The average molecular weight is 397 g/mol. The van der Waals surface area contributed by atoms with E-state index in [0.717, 1.165) is 41.4 Å². The summed E-state index contributed by atoms with van der Waals surface area (Å²) in [5, 5.41) is 6.25. The van der Waals surface area contributed by atoms with Gasteiger partial charge >= 0.3 is 0 Å². The zero-order valence-electron chi connectivity index (χ0n) is 16.1. The molecule has 1 aliphatic heterocycles. The molecule has 4 rings (SSSR count). The van der Waals surface area contributed by atoms with Crippen LogP contribution < -0.4 is 15.0 Å². The zero-order valence-corrected chi connectivity index (χ0v) is 17.0. The van der Waals surface area contributed by atoms with E-state index in [2.05, 4.69) is 34.3 Å². The number of nitrogens with one attached hydrogen (secondary N) is 1. The maximum Gasteiger partial charge on any atom is 0.264 e. The van der Waals surface area contributed by atoms with Gasteiger partial charge in [-0.2, -0.15) is 0 Å². The summed E-state index contributed by atoms with van der Waals surface area (Å²) in [5.74, 6) is 2.14. The van der Waals surface area contributed by atoms with Gasteiger partial charge in [0.15, 0.2) is 11.7 Å². The predicted molar refractivity (Wildman–Crippen MR) is 113 cm³/mol. The number of pyridine rings is 1. The molecule has 1 fully saturated rings. The second-order valence-electron chi connectivity index (χ2n) is 7.30. The van der Waals surface area contributed by atoms with Crippen LogP contribution in [0.1, 0.15) is 25.5 Å². The van der Waals surface area contributed by atoms with Gasteiger partial charge in [0, 0.05) is 23.9 Å². The van der Waals surface area contributed by atoms with Gasteiger partial charge in [-0.15, -0.1) is 11.3 Å². The van der Waals surface area contributed by atoms with Crippen molar-refractivity contribution < 1.29 is 9.53 Å². The number of nitrogens with zero attached hydrogens (tertiary/aromatic N) is 3. The monoisotopic (exact) mass is 396 g/mol. The molecule has 1 N–H and O–H groups in total. The van der Waals surface area contributed by atoms with Gasteiger partial charge in [-0.05, 0) is 43.9 Å². The average Bonchev–Trinajstić information content (AvgIpc) is 3.11. The van der Waals surface area contributed by atoms with E-state index in [1.54, 1.807) is 0 Å². The van der Waals surface area contributed by atoms with Gasteiger partial charge in [-0.25, -0.2) is 9.97 Å². The molecule has 0 spiro atoms. The molecule has 28 heavy (non-hydrogen) atoms. The van der Waals surface area contributed by atoms with Gasteiger partial charge in [0.25, 0.3) is 5.91 Å². The standard InChI is InChI=1S/C21H24N4O2S/c1-14-8-10-25(11-9-14)18-7-6-16-4-3-5-17(20(16)23-18)27-12-19(26)24-21-22-15(2)13-28-21/h3-7,13-14H,8-12H2,1-2H3,(H,22,24,26). The number of hydrogen-bond acceptors (Lipinski definition) is 6. The third kappa shape index (κ3) is 4.25. The van der Waals surface area contributed by atoms with Crippen LogP contribution in [0.5, 0.6) is 5.75 Å². The lowest BCUT2D eigenvalue weighted by atomic mass is 9.99. The van der Waals surface area contributed by atoms with Gasteiger partial charge in [0.2, 0.25) is 0 Å². The summed E-state index contributed by atoms with van der Waals surface area (Å²) in [6.45, 7) is 6.17. The van der Waals surface area contributed by atoms with Crippen LogP contribution in [0, 0.1) is 12.8 Å². The highest BCUT2D eigenvalue weighted by Gasteiger charge is 2.18. The Kier molecular flexibility index (Phi) is 5.43. The Morgan fingerprint density at radius 1 is 1.25 bits per heavy atom. The number of piperidine rings is 1. The molecule has 2 aromatic heterocycles. The Morgan fingerprint density at radius 2 is 2.07 bits per heavy atom. The molecule has 1 saturated heterocycles. The lowest BCUT2D eigenvalue weighted by Crippen LogP contribution is -2.33. The highest BCUT2D eigenvalue weighted by Crippen LogP contribution is 2.28. The van der Waals surface area contributed by atoms with E-state index in [1.807, 2.05) is 30.5 Å². The van der Waals surface area contributed by atoms with E-state index in [9.17, 15) is 4.79 Å². The highest BCUT2D eigenvalue weighted by molar-refractivity contribution is 7.13. The number of fused-ring (bicyclic) bond motifs is 1. The molecular formula is C21H24N4O2S. The molecule has 3 aromatic rings. The van der Waals surface area contributed by atoms with Crippen molar-refractivity contribution in [1.82, 2.24) is 9.97 Å². The number of para-hydroxylation sites is 1. The molecule has 7 heteroatoms. The quantitative estimate of drug-likeness (QED) is 0.698. The Morgan fingerprint density at radius 3 is 2.82 bits per heavy atom. The van der Waals surface area contributed by atoms with Crippen LogP contribution in [0.2, 0.25) is 0 Å². The molecule has 1 amide bonds. The van der Waals surface area contributed by atoms with E-state index >= 15 is 0 Å². The van der Waals surface area contributed by atoms with Gasteiger partial charge in [-0.3, -0.25) is 10.1 Å². The summed E-state index contributed by atoms with van der Waals surface area (Å²) in [4.78, 5) is 23.6. The van der Waals surface area contributed by atoms with Gasteiger partial charge in [-0.1, -0.05) is 19.1 Å². The number of anilines is 2. The smallest absolute Gasteiger partial charge is 0.264 e. The predicted octanol–water partition coefficient (Wildman–Crippen LogP) is 4.25. The minimum absolute atomic E-state index is 0.0785. The molecule has 6 nitrogen and oxygen atoms in total. The van der Waals surface area contributed by atoms with Crippen molar-refractivity contribution in [2.24, 2.45) is 5.92 Å². The van der Waals surface area contributed by atoms with Crippen molar-refractivity contribution >= 4 is 39.1 Å². The largest absolute Gasteiger partial charge is 0.481 e. The van der Waals surface area contributed by atoms with Crippen LogP contribution in [0.3, 0.4) is 0 Å². The Labute approximate surface area is 168 Å². The lowest BCUT2D eigenvalue weighted by molar-refractivity contribution is -0.118. The summed E-state index contributed by atoms with van der Waals surface area (Å²) < 4.78 is 5.80. The first-order valence-electron chi connectivity index (χ1n) is 9.58. The Bertz CT molecular complexity index is 979. The van der Waals surface area contributed by atoms with E-state index in [-0.39, 0.29) is 12.5 Å². The highest BCUT2D eigenvalue weighted by atomic mass is 32.1. The maximum absolute atomic E-state index is 12.2. The summed E-state index contributed by atoms with van der Waals surface area (Å²) in [6, 6.07) is 9.93. The minimum Gasteiger partial charge on any atom is -0.481 e. The molecule has 1 aromatic carbocycles. The fourth-order valence-electron chi connectivity index (χ4n) is 3.35. The van der Waals surface area contributed by atoms with Crippen molar-refractivity contribution in [2.75, 3.05) is 29.9 Å². The van der Waals surface area contributed by atoms with E-state index in [0.29, 0.717) is 10.9 Å². The number of rotatable bonds is 5. The molecule has 0 radical (unpaired) electrons. The van der Waals surface area contributed by atoms with Crippen LogP contribution >= 0.6 is 11.3 Å². The Balaban J connectivity index is 1.48. The number of aromatic nitrogens is 2. The minimum atomic E-state index is -0.229. The number of amides is 1. The molecule has 0 atom stereocenters. The molecular weight excluding hydrogens is 372 g/mol. The number of aryl methyl sites for hydroxylation is 1. The SMILES string of the molecule is Cc1csc(NC(=O)COc2cccc3ccc(N4CCC(C)CC4)nc23)n1. The normalized spacial score (nSPS) is 15.0. The number of hydrogen-bond donors (Lipinski definition) is 1. The number of thiazole rings is 1. The van der Waals surface area contributed by atoms with Crippen molar-refractivity contribution in [1.29, 1.82) is 0 Å². The Hall–Kier alpha value is -2.67. The summed E-state index contributed by atoms with van der Waals surface area (Å²) in [6.07, 6.45) is 2.38. The van der Waals surface area contributed by atoms with Crippen LogP contribution in [0.15, 0.2) is 35.7 Å². The van der Waals surface area contributed by atoms with Crippen molar-refractivity contribution in [3.8, 4) is 5.75 Å². The van der Waals surface area contributed by atoms with Crippen LogP contribution in [-0.2, 0) is 4.79 Å². The van der Waals surface area contributed by atoms with Crippen LogP contribution in [0.4, 0.5) is 10.9 Å². The van der Waals surface area contributed by atoms with Crippen LogP contribution in [-0.4, -0.2) is 35.6 Å². The number of ether oxygens (including phenoxy) is 1. The van der Waals surface area contributed by atoms with E-state index in [1.165, 1.54) is 24.2 Å². The first-order chi connectivity index (χ1) is 13.6. The van der Waals surface area contributed by atoms with Gasteiger partial charge in [0.1, 0.15) is 17.1 Å². The first kappa shape index (κ1) is 18.7.